The first-order valence-electron chi connectivity index (χ1n) is 7.17. The minimum atomic E-state index is -3.74. The van der Waals surface area contributed by atoms with E-state index in [0.29, 0.717) is 0 Å². The van der Waals surface area contributed by atoms with Crippen LogP contribution >= 0.6 is 0 Å². The number of ether oxygens (including phenoxy) is 2. The number of hydrogen-bond donors (Lipinski definition) is 0. The molecule has 0 atom stereocenters. The van der Waals surface area contributed by atoms with Gasteiger partial charge in [0.25, 0.3) is 0 Å². The fourth-order valence-corrected chi connectivity index (χ4v) is 3.51. The van der Waals surface area contributed by atoms with Gasteiger partial charge in [-0.15, -0.1) is 0 Å². The number of carbonyl (C=O) groups excluding carboxylic acids is 1. The third kappa shape index (κ3) is 4.22. The Bertz CT molecular complexity index is 752. The minimum absolute atomic E-state index is 0.0924. The molecule has 1 aromatic heterocycles. The highest BCUT2D eigenvalue weighted by atomic mass is 32.2. The highest BCUT2D eigenvalue weighted by molar-refractivity contribution is 7.89. The number of furan rings is 1. The lowest BCUT2D eigenvalue weighted by Gasteiger charge is -2.21. The molecule has 0 aliphatic rings. The van der Waals surface area contributed by atoms with Gasteiger partial charge in [0.05, 0.1) is 36.7 Å². The molecule has 0 N–H and O–H groups in total. The van der Waals surface area contributed by atoms with E-state index in [2.05, 4.69) is 4.74 Å². The fraction of sp³-hybridized carbons (Fsp3) is 0.312. The predicted molar refractivity (Wildman–Crippen MR) is 86.0 cm³/mol. The van der Waals surface area contributed by atoms with Crippen molar-refractivity contribution in [2.24, 2.45) is 0 Å². The molecule has 24 heavy (non-hydrogen) atoms. The van der Waals surface area contributed by atoms with E-state index in [0.717, 1.165) is 5.56 Å². The summed E-state index contributed by atoms with van der Waals surface area (Å²) in [7, 11) is -0.963. The summed E-state index contributed by atoms with van der Waals surface area (Å²) in [6.45, 7) is 0.626. The summed E-state index contributed by atoms with van der Waals surface area (Å²) >= 11 is 0. The Labute approximate surface area is 140 Å². The van der Waals surface area contributed by atoms with Gasteiger partial charge in [-0.25, -0.2) is 13.2 Å². The first kappa shape index (κ1) is 18.2. The van der Waals surface area contributed by atoms with Crippen molar-refractivity contribution < 1.29 is 27.1 Å². The van der Waals surface area contributed by atoms with Crippen molar-refractivity contribution >= 4 is 16.0 Å². The summed E-state index contributed by atoms with van der Waals surface area (Å²) in [5, 5.41) is 0. The van der Waals surface area contributed by atoms with E-state index < -0.39 is 16.0 Å². The SMILES string of the molecule is COCCN(Cc1ccoc1)S(=O)(=O)c1ccc(C(=O)OC)cc1. The molecule has 0 aliphatic carbocycles. The maximum atomic E-state index is 12.8. The molecule has 0 saturated carbocycles. The molecule has 0 unspecified atom stereocenters. The molecule has 0 saturated heterocycles. The molecule has 0 fully saturated rings. The second-order valence-electron chi connectivity index (χ2n) is 4.98. The molecule has 1 heterocycles. The quantitative estimate of drug-likeness (QED) is 0.674. The molecular weight excluding hydrogens is 334 g/mol. The second kappa shape index (κ2) is 8.09. The van der Waals surface area contributed by atoms with Crippen molar-refractivity contribution in [3.8, 4) is 0 Å². The van der Waals surface area contributed by atoms with E-state index in [-0.39, 0.29) is 30.2 Å². The Hall–Kier alpha value is -2.16. The van der Waals surface area contributed by atoms with Crippen LogP contribution in [-0.2, 0) is 26.0 Å². The van der Waals surface area contributed by atoms with E-state index in [1.807, 2.05) is 0 Å². The summed E-state index contributed by atoms with van der Waals surface area (Å²) in [4.78, 5) is 11.5. The average molecular weight is 353 g/mol. The van der Waals surface area contributed by atoms with Crippen molar-refractivity contribution in [2.75, 3.05) is 27.4 Å². The monoisotopic (exact) mass is 353 g/mol. The summed E-state index contributed by atoms with van der Waals surface area (Å²) in [5.41, 5.74) is 1.02. The van der Waals surface area contributed by atoms with Crippen LogP contribution in [0.25, 0.3) is 0 Å². The molecule has 2 aromatic rings. The van der Waals surface area contributed by atoms with Crippen LogP contribution in [0.3, 0.4) is 0 Å². The molecule has 1 aromatic carbocycles. The fourth-order valence-electron chi connectivity index (χ4n) is 2.09. The normalized spacial score (nSPS) is 11.6. The zero-order valence-electron chi connectivity index (χ0n) is 13.5. The van der Waals surface area contributed by atoms with Crippen LogP contribution in [0, 0.1) is 0 Å². The number of hydrogen-bond acceptors (Lipinski definition) is 6. The number of benzene rings is 1. The number of rotatable bonds is 8. The lowest BCUT2D eigenvalue weighted by Crippen LogP contribution is -2.33. The van der Waals surface area contributed by atoms with E-state index in [1.54, 1.807) is 6.07 Å². The molecule has 0 amide bonds. The highest BCUT2D eigenvalue weighted by Gasteiger charge is 2.25. The van der Waals surface area contributed by atoms with Gasteiger partial charge in [0, 0.05) is 25.8 Å². The van der Waals surface area contributed by atoms with Gasteiger partial charge in [-0.2, -0.15) is 4.31 Å². The average Bonchev–Trinajstić information content (AvgIpc) is 3.11. The minimum Gasteiger partial charge on any atom is -0.472 e. The van der Waals surface area contributed by atoms with Crippen LogP contribution in [-0.4, -0.2) is 46.1 Å². The van der Waals surface area contributed by atoms with Crippen LogP contribution in [0.15, 0.2) is 52.2 Å². The smallest absolute Gasteiger partial charge is 0.337 e. The molecule has 130 valence electrons. The Kier molecular flexibility index (Phi) is 6.13. The summed E-state index contributed by atoms with van der Waals surface area (Å²) in [6.07, 6.45) is 2.98. The number of methoxy groups -OCH3 is 2. The van der Waals surface area contributed by atoms with Gasteiger partial charge in [-0.1, -0.05) is 0 Å². The van der Waals surface area contributed by atoms with Gasteiger partial charge in [-0.3, -0.25) is 0 Å². The second-order valence-corrected chi connectivity index (χ2v) is 6.92. The zero-order valence-corrected chi connectivity index (χ0v) is 14.3. The van der Waals surface area contributed by atoms with Crippen molar-refractivity contribution in [1.82, 2.24) is 4.31 Å². The first-order valence-corrected chi connectivity index (χ1v) is 8.61. The Morgan fingerprint density at radius 2 is 1.88 bits per heavy atom. The van der Waals surface area contributed by atoms with Crippen LogP contribution in [0.5, 0.6) is 0 Å². The number of sulfonamides is 1. The Morgan fingerprint density at radius 3 is 2.42 bits per heavy atom. The molecule has 0 bridgehead atoms. The maximum Gasteiger partial charge on any atom is 0.337 e. The van der Waals surface area contributed by atoms with Crippen LogP contribution in [0.1, 0.15) is 15.9 Å². The van der Waals surface area contributed by atoms with Crippen molar-refractivity contribution in [3.05, 3.63) is 54.0 Å². The topological polar surface area (TPSA) is 86.0 Å². The highest BCUT2D eigenvalue weighted by Crippen LogP contribution is 2.19. The van der Waals surface area contributed by atoms with Crippen LogP contribution < -0.4 is 0 Å². The lowest BCUT2D eigenvalue weighted by atomic mass is 10.2. The first-order chi connectivity index (χ1) is 11.5. The molecule has 0 spiro atoms. The Balaban J connectivity index is 2.27. The number of nitrogens with zero attached hydrogens (tertiary/aromatic N) is 1. The number of esters is 1. The lowest BCUT2D eigenvalue weighted by molar-refractivity contribution is 0.0600. The molecule has 7 nitrogen and oxygen atoms in total. The van der Waals surface area contributed by atoms with E-state index in [1.165, 1.54) is 55.3 Å². The van der Waals surface area contributed by atoms with Crippen molar-refractivity contribution in [2.45, 2.75) is 11.4 Å². The zero-order chi connectivity index (χ0) is 17.6. The standard InChI is InChI=1S/C16H19NO6S/c1-21-10-8-17(11-13-7-9-23-12-13)24(19,20)15-5-3-14(4-6-15)16(18)22-2/h3-7,9,12H,8,10-11H2,1-2H3. The summed E-state index contributed by atoms with van der Waals surface area (Å²) in [5.74, 6) is -0.520. The molecular formula is C16H19NO6S. The van der Waals surface area contributed by atoms with Gasteiger partial charge in [0.15, 0.2) is 0 Å². The summed E-state index contributed by atoms with van der Waals surface area (Å²) in [6, 6.07) is 7.32. The molecule has 0 radical (unpaired) electrons. The van der Waals surface area contributed by atoms with E-state index in [9.17, 15) is 13.2 Å². The van der Waals surface area contributed by atoms with Gasteiger partial charge in [-0.05, 0) is 30.3 Å². The largest absolute Gasteiger partial charge is 0.472 e. The van der Waals surface area contributed by atoms with Crippen LogP contribution in [0.4, 0.5) is 0 Å². The Morgan fingerprint density at radius 1 is 1.17 bits per heavy atom. The van der Waals surface area contributed by atoms with Crippen molar-refractivity contribution in [1.29, 1.82) is 0 Å². The van der Waals surface area contributed by atoms with Gasteiger partial charge in [0.2, 0.25) is 10.0 Å². The van der Waals surface area contributed by atoms with Gasteiger partial charge < -0.3 is 13.9 Å². The van der Waals surface area contributed by atoms with E-state index >= 15 is 0 Å². The number of carbonyl (C=O) groups is 1. The van der Waals surface area contributed by atoms with E-state index in [4.69, 9.17) is 9.15 Å². The predicted octanol–water partition coefficient (Wildman–Crippen LogP) is 1.90. The molecule has 2 rings (SSSR count). The summed E-state index contributed by atoms with van der Waals surface area (Å²) < 4.78 is 41.6. The molecule has 0 aliphatic heterocycles. The van der Waals surface area contributed by atoms with Gasteiger partial charge in [0.1, 0.15) is 0 Å². The molecule has 8 heteroatoms. The van der Waals surface area contributed by atoms with Gasteiger partial charge >= 0.3 is 5.97 Å². The third-order valence-corrected chi connectivity index (χ3v) is 5.26. The maximum absolute atomic E-state index is 12.8. The van der Waals surface area contributed by atoms with Crippen molar-refractivity contribution in [3.63, 3.8) is 0 Å². The third-order valence-electron chi connectivity index (χ3n) is 3.40. The van der Waals surface area contributed by atoms with Crippen LogP contribution in [0.2, 0.25) is 0 Å².